The minimum atomic E-state index is -0.416. The summed E-state index contributed by atoms with van der Waals surface area (Å²) in [7, 11) is 0. The van der Waals surface area contributed by atoms with Crippen molar-refractivity contribution in [2.24, 2.45) is 0 Å². The predicted molar refractivity (Wildman–Crippen MR) is 80.6 cm³/mol. The van der Waals surface area contributed by atoms with Crippen LogP contribution >= 0.6 is 11.3 Å². The molecular weight excluding hydrogens is 258 g/mol. The van der Waals surface area contributed by atoms with Crippen molar-refractivity contribution in [3.63, 3.8) is 0 Å². The van der Waals surface area contributed by atoms with E-state index in [2.05, 4.69) is 37.5 Å². The highest BCUT2D eigenvalue weighted by atomic mass is 32.1. The molecule has 0 aromatic carbocycles. The van der Waals surface area contributed by atoms with Crippen molar-refractivity contribution in [2.45, 2.75) is 59.1 Å². The maximum Gasteiger partial charge on any atom is 0.320 e. The zero-order valence-corrected chi connectivity index (χ0v) is 13.6. The zero-order valence-electron chi connectivity index (χ0n) is 12.8. The van der Waals surface area contributed by atoms with Crippen LogP contribution < -0.4 is 5.32 Å². The summed E-state index contributed by atoms with van der Waals surface area (Å²) < 4.78 is 5.24. The van der Waals surface area contributed by atoms with Crippen LogP contribution in [-0.4, -0.2) is 18.1 Å². The Morgan fingerprint density at radius 2 is 1.89 bits per heavy atom. The van der Waals surface area contributed by atoms with E-state index in [1.165, 1.54) is 10.4 Å². The lowest BCUT2D eigenvalue weighted by molar-refractivity contribution is -0.153. The minimum absolute atomic E-state index is 0.180. The number of nitrogens with one attached hydrogen (secondary N) is 1. The fourth-order valence-electron chi connectivity index (χ4n) is 1.53. The average Bonchev–Trinajstić information content (AvgIpc) is 2.62. The largest absolute Gasteiger partial charge is 0.459 e. The van der Waals surface area contributed by atoms with Gasteiger partial charge in [0, 0.05) is 11.4 Å². The first-order chi connectivity index (χ1) is 8.58. The van der Waals surface area contributed by atoms with Crippen LogP contribution in [-0.2, 0) is 21.5 Å². The smallest absolute Gasteiger partial charge is 0.320 e. The zero-order chi connectivity index (χ0) is 14.7. The Morgan fingerprint density at radius 1 is 1.26 bits per heavy atom. The first-order valence-electron chi connectivity index (χ1n) is 6.58. The Labute approximate surface area is 120 Å². The lowest BCUT2D eigenvalue weighted by Crippen LogP contribution is -2.31. The van der Waals surface area contributed by atoms with Crippen LogP contribution in [0.4, 0.5) is 0 Å². The molecule has 3 nitrogen and oxygen atoms in total. The lowest BCUT2D eigenvalue weighted by Gasteiger charge is -2.19. The molecule has 0 radical (unpaired) electrons. The molecule has 1 aromatic rings. The highest BCUT2D eigenvalue weighted by Gasteiger charge is 2.17. The molecule has 0 unspecified atom stereocenters. The van der Waals surface area contributed by atoms with E-state index in [9.17, 15) is 4.79 Å². The highest BCUT2D eigenvalue weighted by molar-refractivity contribution is 7.10. The third-order valence-corrected chi connectivity index (χ3v) is 3.45. The summed E-state index contributed by atoms with van der Waals surface area (Å²) in [5.41, 5.74) is 1.10. The maximum atomic E-state index is 11.5. The quantitative estimate of drug-likeness (QED) is 0.860. The molecule has 0 fully saturated rings. The SMILES string of the molecule is CC(C)(C)OC(=O)CNCc1cc(C(C)(C)C)cs1. The fraction of sp³-hybridized carbons (Fsp3) is 0.667. The van der Waals surface area contributed by atoms with Gasteiger partial charge in [-0.25, -0.2) is 0 Å². The highest BCUT2D eigenvalue weighted by Crippen LogP contribution is 2.27. The molecule has 0 amide bonds. The van der Waals surface area contributed by atoms with Gasteiger partial charge in [0.15, 0.2) is 0 Å². The van der Waals surface area contributed by atoms with Crippen LogP contribution in [0.1, 0.15) is 52.0 Å². The normalized spacial score (nSPS) is 12.5. The number of hydrogen-bond acceptors (Lipinski definition) is 4. The fourth-order valence-corrected chi connectivity index (χ4v) is 2.61. The van der Waals surface area contributed by atoms with Gasteiger partial charge in [0.05, 0.1) is 6.54 Å². The van der Waals surface area contributed by atoms with Crippen LogP contribution in [0.2, 0.25) is 0 Å². The van der Waals surface area contributed by atoms with Gasteiger partial charge in [0.1, 0.15) is 5.60 Å². The standard InChI is InChI=1S/C15H25NO2S/c1-14(2,3)11-7-12(19-10-11)8-16-9-13(17)18-15(4,5)6/h7,10,16H,8-9H2,1-6H3. The van der Waals surface area contributed by atoms with Crippen molar-refractivity contribution in [1.82, 2.24) is 5.32 Å². The van der Waals surface area contributed by atoms with E-state index in [-0.39, 0.29) is 17.9 Å². The van der Waals surface area contributed by atoms with Gasteiger partial charge in [-0.05, 0) is 43.2 Å². The second kappa shape index (κ2) is 6.06. The number of carbonyl (C=O) groups is 1. The summed E-state index contributed by atoms with van der Waals surface area (Å²) in [6, 6.07) is 2.20. The van der Waals surface area contributed by atoms with Gasteiger partial charge in [-0.2, -0.15) is 0 Å². The average molecular weight is 283 g/mol. The molecule has 1 rings (SSSR count). The molecule has 0 aliphatic carbocycles. The molecule has 0 spiro atoms. The topological polar surface area (TPSA) is 38.3 Å². The Morgan fingerprint density at radius 3 is 2.37 bits per heavy atom. The molecule has 4 heteroatoms. The van der Waals surface area contributed by atoms with Crippen molar-refractivity contribution >= 4 is 17.3 Å². The summed E-state index contributed by atoms with van der Waals surface area (Å²) >= 11 is 1.73. The number of esters is 1. The van der Waals surface area contributed by atoms with Crippen LogP contribution in [0.15, 0.2) is 11.4 Å². The van der Waals surface area contributed by atoms with E-state index in [1.54, 1.807) is 11.3 Å². The van der Waals surface area contributed by atoms with Gasteiger partial charge in [-0.15, -0.1) is 11.3 Å². The Bertz CT molecular complexity index is 424. The van der Waals surface area contributed by atoms with Gasteiger partial charge in [-0.3, -0.25) is 4.79 Å². The van der Waals surface area contributed by atoms with E-state index >= 15 is 0 Å². The first kappa shape index (κ1) is 16.2. The van der Waals surface area contributed by atoms with Crippen molar-refractivity contribution in [1.29, 1.82) is 0 Å². The summed E-state index contributed by atoms with van der Waals surface area (Å²) in [6.07, 6.45) is 0. The number of hydrogen-bond donors (Lipinski definition) is 1. The second-order valence-electron chi connectivity index (χ2n) is 6.74. The van der Waals surface area contributed by atoms with E-state index in [1.807, 2.05) is 20.8 Å². The van der Waals surface area contributed by atoms with Crippen molar-refractivity contribution < 1.29 is 9.53 Å². The number of ether oxygens (including phenoxy) is 1. The molecule has 108 valence electrons. The molecule has 0 saturated carbocycles. The van der Waals surface area contributed by atoms with Gasteiger partial charge in [-0.1, -0.05) is 20.8 Å². The Hall–Kier alpha value is -0.870. The van der Waals surface area contributed by atoms with Crippen molar-refractivity contribution in [2.75, 3.05) is 6.54 Å². The summed E-state index contributed by atoms with van der Waals surface area (Å²) in [5.74, 6) is -0.208. The third-order valence-electron chi connectivity index (χ3n) is 2.51. The maximum absolute atomic E-state index is 11.5. The third kappa shape index (κ3) is 6.21. The first-order valence-corrected chi connectivity index (χ1v) is 7.46. The minimum Gasteiger partial charge on any atom is -0.459 e. The molecule has 0 atom stereocenters. The molecule has 1 aromatic heterocycles. The van der Waals surface area contributed by atoms with E-state index < -0.39 is 5.60 Å². The van der Waals surface area contributed by atoms with E-state index in [4.69, 9.17) is 4.74 Å². The van der Waals surface area contributed by atoms with Crippen LogP contribution in [0.25, 0.3) is 0 Å². The Kier molecular flexibility index (Phi) is 5.16. The van der Waals surface area contributed by atoms with Gasteiger partial charge in [0.2, 0.25) is 0 Å². The number of thiophene rings is 1. The molecule has 19 heavy (non-hydrogen) atoms. The molecule has 0 aliphatic rings. The molecular formula is C15H25NO2S. The predicted octanol–water partition coefficient (Wildman–Crippen LogP) is 3.48. The van der Waals surface area contributed by atoms with Crippen LogP contribution in [0, 0.1) is 0 Å². The molecule has 1 heterocycles. The summed E-state index contributed by atoms with van der Waals surface area (Å²) in [5, 5.41) is 5.31. The summed E-state index contributed by atoms with van der Waals surface area (Å²) in [4.78, 5) is 12.8. The monoisotopic (exact) mass is 283 g/mol. The van der Waals surface area contributed by atoms with Crippen molar-refractivity contribution in [3.05, 3.63) is 21.9 Å². The summed E-state index contributed by atoms with van der Waals surface area (Å²) in [6.45, 7) is 13.2. The van der Waals surface area contributed by atoms with Crippen LogP contribution in [0.5, 0.6) is 0 Å². The Balaban J connectivity index is 2.38. The lowest BCUT2D eigenvalue weighted by atomic mass is 9.89. The van der Waals surface area contributed by atoms with E-state index in [0.29, 0.717) is 6.54 Å². The van der Waals surface area contributed by atoms with Gasteiger partial charge >= 0.3 is 5.97 Å². The molecule has 0 bridgehead atoms. The molecule has 0 saturated heterocycles. The second-order valence-corrected chi connectivity index (χ2v) is 7.74. The van der Waals surface area contributed by atoms with Crippen LogP contribution in [0.3, 0.4) is 0 Å². The van der Waals surface area contributed by atoms with Crippen molar-refractivity contribution in [3.8, 4) is 0 Å². The van der Waals surface area contributed by atoms with Gasteiger partial charge in [0.25, 0.3) is 0 Å². The molecule has 0 aliphatic heterocycles. The number of rotatable bonds is 4. The number of carbonyl (C=O) groups excluding carboxylic acids is 1. The molecule has 1 N–H and O–H groups in total. The van der Waals surface area contributed by atoms with Gasteiger partial charge < -0.3 is 10.1 Å². The van der Waals surface area contributed by atoms with E-state index in [0.717, 1.165) is 0 Å².